The zero-order valence-corrected chi connectivity index (χ0v) is 43.3. The second-order valence-corrected chi connectivity index (χ2v) is 20.1. The molecular weight excluding hydrogens is 1050 g/mol. The smallest absolute Gasteiger partial charge is 0.262 e. The van der Waals surface area contributed by atoms with Crippen molar-refractivity contribution >= 4 is 73.3 Å². The van der Waals surface area contributed by atoms with Crippen LogP contribution in [0.5, 0.6) is 0 Å². The molecule has 10 heterocycles. The lowest BCUT2D eigenvalue weighted by Crippen LogP contribution is -2.17. The Balaban J connectivity index is 0.000000155. The fourth-order valence-corrected chi connectivity index (χ4v) is 10.6. The van der Waals surface area contributed by atoms with Crippen molar-refractivity contribution in [2.75, 3.05) is 18.9 Å². The summed E-state index contributed by atoms with van der Waals surface area (Å²) in [5, 5.41) is 3.23. The number of fused-ring (bicyclic) bond motifs is 2. The van der Waals surface area contributed by atoms with Gasteiger partial charge in [-0.1, -0.05) is 18.2 Å². The quantitative estimate of drug-likeness (QED) is 0.0526. The number of carbonyl (C=O) groups is 2. The first-order valence-electron chi connectivity index (χ1n) is 24.5. The molecule has 0 aliphatic carbocycles. The summed E-state index contributed by atoms with van der Waals surface area (Å²) in [7, 11) is 0. The SMILES string of the molecule is Nc1ccc(F)c(Cc2ncccc2-c2ncnc3c2ncn3C2CCCCO2)c1F.O=C(Cc1ccc(F)c(Cc2ncccc2-c2ncnc3c2ncn3C2CCCCO2)c1F)c1cccs1.O=C(Cl)c1cccs1. The molecular formula is C55H46ClF4N11O4S2. The van der Waals surface area contributed by atoms with Gasteiger partial charge in [-0.25, -0.2) is 47.5 Å². The highest BCUT2D eigenvalue weighted by Crippen LogP contribution is 2.35. The van der Waals surface area contributed by atoms with Crippen molar-refractivity contribution in [2.45, 2.75) is 70.2 Å². The molecule has 2 saturated heterocycles. The van der Waals surface area contributed by atoms with Crippen molar-refractivity contribution in [3.8, 4) is 22.5 Å². The number of hydrogen-bond acceptors (Lipinski definition) is 15. The minimum atomic E-state index is -0.775. The molecule has 392 valence electrons. The van der Waals surface area contributed by atoms with Crippen LogP contribution in [0.25, 0.3) is 44.8 Å². The van der Waals surface area contributed by atoms with E-state index < -0.39 is 23.3 Å². The number of halogens is 5. The fraction of sp³-hybridized carbons (Fsp3) is 0.236. The van der Waals surface area contributed by atoms with E-state index in [4.69, 9.17) is 26.8 Å². The Morgan fingerprint density at radius 3 is 1.61 bits per heavy atom. The fourth-order valence-electron chi connectivity index (χ4n) is 9.14. The number of rotatable bonds is 12. The number of thiophene rings is 2. The van der Waals surface area contributed by atoms with Gasteiger partial charge in [-0.15, -0.1) is 22.7 Å². The molecule has 2 fully saturated rings. The molecule has 10 aromatic rings. The number of pyridine rings is 2. The Morgan fingerprint density at radius 2 is 1.13 bits per heavy atom. The Hall–Kier alpha value is -7.69. The van der Waals surface area contributed by atoms with Crippen LogP contribution in [0.3, 0.4) is 0 Å². The van der Waals surface area contributed by atoms with Crippen LogP contribution < -0.4 is 5.73 Å². The molecule has 0 bridgehead atoms. The number of aromatic nitrogens is 10. The van der Waals surface area contributed by atoms with Gasteiger partial charge in [0.1, 0.15) is 65.0 Å². The molecule has 2 N–H and O–H groups in total. The molecule has 2 aromatic carbocycles. The van der Waals surface area contributed by atoms with Crippen LogP contribution in [0.1, 0.15) is 98.4 Å². The highest BCUT2D eigenvalue weighted by atomic mass is 35.5. The molecule has 22 heteroatoms. The number of hydrogen-bond donors (Lipinski definition) is 1. The molecule has 0 radical (unpaired) electrons. The number of ether oxygens (including phenoxy) is 2. The summed E-state index contributed by atoms with van der Waals surface area (Å²) >= 11 is 7.76. The van der Waals surface area contributed by atoms with Crippen LogP contribution in [0.2, 0.25) is 0 Å². The van der Waals surface area contributed by atoms with Crippen molar-refractivity contribution in [1.82, 2.24) is 49.0 Å². The average molecular weight is 1100 g/mol. The number of ketones is 1. The lowest BCUT2D eigenvalue weighted by atomic mass is 9.98. The molecule has 2 aliphatic rings. The monoisotopic (exact) mass is 1100 g/mol. The van der Waals surface area contributed by atoms with Gasteiger partial charge in [0.05, 0.1) is 39.5 Å². The number of nitrogens with two attached hydrogens (primary N) is 1. The first kappa shape index (κ1) is 52.7. The maximum absolute atomic E-state index is 15.5. The van der Waals surface area contributed by atoms with E-state index in [1.54, 1.807) is 72.9 Å². The molecule has 0 spiro atoms. The number of nitrogens with zero attached hydrogens (tertiary/aromatic N) is 10. The number of carbonyl (C=O) groups excluding carboxylic acids is 2. The predicted octanol–water partition coefficient (Wildman–Crippen LogP) is 12.1. The Labute approximate surface area is 450 Å². The Morgan fingerprint density at radius 1 is 0.610 bits per heavy atom. The molecule has 0 saturated carbocycles. The van der Waals surface area contributed by atoms with Gasteiger partial charge in [0.25, 0.3) is 5.24 Å². The standard InChI is InChI=1S/C28H23F2N5O2S.C22H20F2N6O.C5H3ClOS/c29-20-9-8-17(13-22(36)23-6-4-12-38-23)25(30)19(20)14-21-18(5-3-10-31-21)26-27-28(33-15-32-26)35(16-34-27)24-7-1-2-11-37-24;23-15-6-7-16(25)19(24)14(15)10-17-13(4-3-8-26-17)20-21-22(28-11-27-20)30(12-29-21)18-5-1-2-9-31-18;6-5(7)4-2-1-3-8-4/h3-6,8-10,12,15-16,24H,1-2,7,11,13-14H2;3-4,6-8,11-12,18H,1-2,5,9-10,25H2;1-3H. The van der Waals surface area contributed by atoms with E-state index in [0.717, 1.165) is 44.6 Å². The van der Waals surface area contributed by atoms with Gasteiger partial charge < -0.3 is 15.2 Å². The van der Waals surface area contributed by atoms with Gasteiger partial charge in [-0.2, -0.15) is 0 Å². The number of anilines is 1. The van der Waals surface area contributed by atoms with Crippen LogP contribution in [-0.4, -0.2) is 73.2 Å². The maximum atomic E-state index is 15.5. The average Bonchev–Trinajstić information content (AvgIpc) is 4.35. The molecule has 8 aromatic heterocycles. The molecule has 15 nitrogen and oxygen atoms in total. The van der Waals surface area contributed by atoms with E-state index in [9.17, 15) is 22.8 Å². The number of imidazole rings is 2. The molecule has 2 unspecified atom stereocenters. The first-order valence-corrected chi connectivity index (χ1v) is 26.6. The van der Waals surface area contributed by atoms with Crippen LogP contribution in [-0.2, 0) is 28.7 Å². The summed E-state index contributed by atoms with van der Waals surface area (Å²) < 4.78 is 74.9. The van der Waals surface area contributed by atoms with Gasteiger partial charge in [0.2, 0.25) is 0 Å². The lowest BCUT2D eigenvalue weighted by Gasteiger charge is -2.23. The van der Waals surface area contributed by atoms with Gasteiger partial charge in [0, 0.05) is 67.1 Å². The maximum Gasteiger partial charge on any atom is 0.262 e. The van der Waals surface area contributed by atoms with Crippen LogP contribution in [0, 0.1) is 23.3 Å². The summed E-state index contributed by atoms with van der Waals surface area (Å²) in [6, 6.07) is 19.0. The summed E-state index contributed by atoms with van der Waals surface area (Å²) in [4.78, 5) is 59.6. The molecule has 2 atom stereocenters. The minimum Gasteiger partial charge on any atom is -0.396 e. The van der Waals surface area contributed by atoms with Crippen molar-refractivity contribution in [3.05, 3.63) is 182 Å². The minimum absolute atomic E-state index is 0.0726. The van der Waals surface area contributed by atoms with E-state index in [-0.39, 0.29) is 65.1 Å². The third kappa shape index (κ3) is 11.7. The number of Topliss-reactive ketones (excluding diaryl/α,β-unsaturated/α-hetero) is 1. The largest absolute Gasteiger partial charge is 0.396 e. The third-order valence-corrected chi connectivity index (χ3v) is 15.1. The summed E-state index contributed by atoms with van der Waals surface area (Å²) in [5.41, 5.74) is 11.0. The van der Waals surface area contributed by atoms with E-state index in [1.807, 2.05) is 20.6 Å². The van der Waals surface area contributed by atoms with Crippen molar-refractivity contribution in [1.29, 1.82) is 0 Å². The highest BCUT2D eigenvalue weighted by Gasteiger charge is 2.26. The Bertz CT molecular complexity index is 3700. The van der Waals surface area contributed by atoms with Gasteiger partial charge in [0.15, 0.2) is 22.9 Å². The predicted molar refractivity (Wildman–Crippen MR) is 284 cm³/mol. The van der Waals surface area contributed by atoms with Gasteiger partial charge >= 0.3 is 0 Å². The van der Waals surface area contributed by atoms with E-state index in [0.29, 0.717) is 79.2 Å². The zero-order valence-electron chi connectivity index (χ0n) is 40.9. The molecule has 0 amide bonds. The second-order valence-electron chi connectivity index (χ2n) is 17.8. The van der Waals surface area contributed by atoms with Crippen LogP contribution in [0.15, 0.2) is 121 Å². The van der Waals surface area contributed by atoms with Crippen molar-refractivity contribution in [2.24, 2.45) is 0 Å². The van der Waals surface area contributed by atoms with Crippen LogP contribution >= 0.6 is 34.3 Å². The van der Waals surface area contributed by atoms with E-state index in [1.165, 1.54) is 53.5 Å². The van der Waals surface area contributed by atoms with Gasteiger partial charge in [-0.3, -0.25) is 28.7 Å². The summed E-state index contributed by atoms with van der Waals surface area (Å²) in [6.45, 7) is 1.39. The summed E-state index contributed by atoms with van der Waals surface area (Å²) in [6.07, 6.45) is 14.8. The normalized spacial score (nSPS) is 15.4. The number of benzene rings is 2. The molecule has 12 rings (SSSR count). The topological polar surface area (TPSA) is 192 Å². The third-order valence-electron chi connectivity index (χ3n) is 13.0. The van der Waals surface area contributed by atoms with Crippen molar-refractivity contribution < 1.29 is 36.6 Å². The van der Waals surface area contributed by atoms with Gasteiger partial charge in [-0.05, 0) is 121 Å². The zero-order chi connectivity index (χ0) is 53.4. The Kier molecular flexibility index (Phi) is 16.5. The number of nitrogen functional groups attached to an aromatic ring is 1. The lowest BCUT2D eigenvalue weighted by molar-refractivity contribution is -0.0299. The van der Waals surface area contributed by atoms with E-state index >= 15 is 4.39 Å². The first-order chi connectivity index (χ1) is 37.5. The molecule has 2 aliphatic heterocycles. The molecule has 77 heavy (non-hydrogen) atoms. The van der Waals surface area contributed by atoms with E-state index in [2.05, 4.69) is 39.9 Å². The van der Waals surface area contributed by atoms with Crippen LogP contribution in [0.4, 0.5) is 23.2 Å². The highest BCUT2D eigenvalue weighted by molar-refractivity contribution is 7.14. The van der Waals surface area contributed by atoms with Crippen molar-refractivity contribution in [3.63, 3.8) is 0 Å². The second kappa shape index (κ2) is 24.1. The summed E-state index contributed by atoms with van der Waals surface area (Å²) in [5.74, 6) is -3.09.